The normalized spacial score (nSPS) is 19.7. The van der Waals surface area contributed by atoms with Crippen LogP contribution in [0, 0.1) is 17.8 Å². The van der Waals surface area contributed by atoms with Gasteiger partial charge in [0.25, 0.3) is 5.91 Å². The molecule has 1 amide bonds. The lowest BCUT2D eigenvalue weighted by Gasteiger charge is -2.40. The highest BCUT2D eigenvalue weighted by Gasteiger charge is 2.37. The van der Waals surface area contributed by atoms with Crippen LogP contribution in [0.5, 0.6) is 0 Å². The van der Waals surface area contributed by atoms with Crippen LogP contribution >= 0.6 is 23.2 Å². The van der Waals surface area contributed by atoms with Gasteiger partial charge < -0.3 is 14.4 Å². The molecule has 0 aromatic carbocycles. The Bertz CT molecular complexity index is 392. The van der Waals surface area contributed by atoms with Crippen molar-refractivity contribution in [1.29, 1.82) is 0 Å². The molecule has 0 spiro atoms. The second-order valence-corrected chi connectivity index (χ2v) is 7.26. The highest BCUT2D eigenvalue weighted by atomic mass is 35.5. The number of ether oxygens (including phenoxy) is 2. The predicted octanol–water partition coefficient (Wildman–Crippen LogP) is 2.43. The summed E-state index contributed by atoms with van der Waals surface area (Å²) in [6, 6.07) is 0. The number of rotatable bonds is 4. The first-order valence-electron chi connectivity index (χ1n) is 6.40. The molecule has 0 atom stereocenters. The van der Waals surface area contributed by atoms with Crippen LogP contribution in [0.15, 0.2) is 0 Å². The largest absolute Gasteiger partial charge is 0.350 e. The topological polar surface area (TPSA) is 38.8 Å². The summed E-state index contributed by atoms with van der Waals surface area (Å²) in [5, 5.41) is 0. The molecular weight excluding hydrogens is 301 g/mol. The third-order valence-electron chi connectivity index (χ3n) is 3.13. The van der Waals surface area contributed by atoms with Crippen LogP contribution in [0.4, 0.5) is 0 Å². The molecule has 1 rings (SSSR count). The number of hydrogen-bond donors (Lipinski definition) is 0. The Morgan fingerprint density at radius 2 is 1.95 bits per heavy atom. The van der Waals surface area contributed by atoms with E-state index < -0.39 is 22.6 Å². The highest BCUT2D eigenvalue weighted by Crippen LogP contribution is 2.25. The minimum Gasteiger partial charge on any atom is -0.350 e. The van der Waals surface area contributed by atoms with Crippen molar-refractivity contribution >= 4 is 29.1 Å². The fraction of sp³-hybridized carbons (Fsp3) is 0.786. The molecule has 0 unspecified atom stereocenters. The standard InChI is InChI=1S/C14H21Cl2NO3/c1-6-14(4,5)17(12(18)11(15)16)7-10-19-8-13(2,3)9-20-10/h1,10-11H,7-9H2,2-5H3. The van der Waals surface area contributed by atoms with E-state index in [1.165, 1.54) is 4.90 Å². The Morgan fingerprint density at radius 1 is 1.45 bits per heavy atom. The first kappa shape index (κ1) is 17.6. The van der Waals surface area contributed by atoms with Gasteiger partial charge in [0.15, 0.2) is 11.1 Å². The molecule has 1 saturated heterocycles. The van der Waals surface area contributed by atoms with Crippen molar-refractivity contribution in [2.24, 2.45) is 5.41 Å². The second-order valence-electron chi connectivity index (χ2n) is 6.17. The molecule has 0 saturated carbocycles. The van der Waals surface area contributed by atoms with E-state index in [2.05, 4.69) is 5.92 Å². The van der Waals surface area contributed by atoms with Gasteiger partial charge in [-0.2, -0.15) is 0 Å². The van der Waals surface area contributed by atoms with Gasteiger partial charge in [0.05, 0.1) is 25.3 Å². The molecule has 0 aromatic heterocycles. The quantitative estimate of drug-likeness (QED) is 0.589. The maximum atomic E-state index is 12.1. The molecule has 114 valence electrons. The van der Waals surface area contributed by atoms with Crippen molar-refractivity contribution < 1.29 is 14.3 Å². The summed E-state index contributed by atoms with van der Waals surface area (Å²) in [6.45, 7) is 8.89. The van der Waals surface area contributed by atoms with Gasteiger partial charge in [-0.15, -0.1) is 6.42 Å². The second kappa shape index (κ2) is 6.53. The molecule has 0 N–H and O–H groups in total. The highest BCUT2D eigenvalue weighted by molar-refractivity contribution is 6.53. The number of nitrogens with zero attached hydrogens (tertiary/aromatic N) is 1. The maximum Gasteiger partial charge on any atom is 0.257 e. The summed E-state index contributed by atoms with van der Waals surface area (Å²) in [4.78, 5) is 12.4. The van der Waals surface area contributed by atoms with Crippen molar-refractivity contribution in [1.82, 2.24) is 4.90 Å². The monoisotopic (exact) mass is 321 g/mol. The van der Waals surface area contributed by atoms with Crippen molar-refractivity contribution in [3.63, 3.8) is 0 Å². The number of hydrogen-bond acceptors (Lipinski definition) is 3. The lowest BCUT2D eigenvalue weighted by molar-refractivity contribution is -0.229. The van der Waals surface area contributed by atoms with Gasteiger partial charge in [-0.1, -0.05) is 43.0 Å². The molecule has 1 aliphatic rings. The Labute approximate surface area is 130 Å². The Balaban J connectivity index is 2.77. The van der Waals surface area contributed by atoms with Gasteiger partial charge >= 0.3 is 0 Å². The molecule has 6 heteroatoms. The van der Waals surface area contributed by atoms with Crippen molar-refractivity contribution in [3.05, 3.63) is 0 Å². The minimum atomic E-state index is -1.16. The zero-order valence-corrected chi connectivity index (χ0v) is 13.8. The average molecular weight is 322 g/mol. The SMILES string of the molecule is C#CC(C)(C)N(CC1OCC(C)(C)CO1)C(=O)C(Cl)Cl. The molecule has 20 heavy (non-hydrogen) atoms. The molecule has 1 aliphatic heterocycles. The summed E-state index contributed by atoms with van der Waals surface area (Å²) >= 11 is 11.3. The number of terminal acetylenes is 1. The number of carbonyl (C=O) groups excluding carboxylic acids is 1. The fourth-order valence-corrected chi connectivity index (χ4v) is 2.01. The summed E-state index contributed by atoms with van der Waals surface area (Å²) in [6.07, 6.45) is 4.96. The molecule has 0 radical (unpaired) electrons. The van der Waals surface area contributed by atoms with E-state index in [0.717, 1.165) is 0 Å². The fourth-order valence-electron chi connectivity index (χ4n) is 1.77. The summed E-state index contributed by atoms with van der Waals surface area (Å²) < 4.78 is 11.2. The van der Waals surface area contributed by atoms with Crippen LogP contribution in [0.2, 0.25) is 0 Å². The molecule has 0 aromatic rings. The molecule has 0 bridgehead atoms. The summed E-state index contributed by atoms with van der Waals surface area (Å²) in [5.41, 5.74) is -0.854. The van der Waals surface area contributed by atoms with E-state index >= 15 is 0 Å². The molecular formula is C14H21Cl2NO3. The summed E-state index contributed by atoms with van der Waals surface area (Å²) in [7, 11) is 0. The Hall–Kier alpha value is -0.470. The van der Waals surface area contributed by atoms with Crippen LogP contribution in [0.3, 0.4) is 0 Å². The number of carbonyl (C=O) groups is 1. The molecule has 1 fully saturated rings. The van der Waals surface area contributed by atoms with Crippen molar-refractivity contribution in [3.8, 4) is 12.3 Å². The van der Waals surface area contributed by atoms with E-state index in [1.807, 2.05) is 13.8 Å². The predicted molar refractivity (Wildman–Crippen MR) is 79.6 cm³/mol. The summed E-state index contributed by atoms with van der Waals surface area (Å²) in [5.74, 6) is 2.11. The lowest BCUT2D eigenvalue weighted by atomic mass is 9.95. The smallest absolute Gasteiger partial charge is 0.257 e. The van der Waals surface area contributed by atoms with E-state index in [0.29, 0.717) is 13.2 Å². The van der Waals surface area contributed by atoms with Crippen molar-refractivity contribution in [2.45, 2.75) is 44.4 Å². The average Bonchev–Trinajstić information content (AvgIpc) is 2.36. The number of halogens is 2. The lowest BCUT2D eigenvalue weighted by Crippen LogP contribution is -2.54. The minimum absolute atomic E-state index is 0.0333. The van der Waals surface area contributed by atoms with Crippen LogP contribution in [0.1, 0.15) is 27.7 Å². The van der Waals surface area contributed by atoms with Crippen LogP contribution < -0.4 is 0 Å². The van der Waals surface area contributed by atoms with E-state index in [1.54, 1.807) is 13.8 Å². The third kappa shape index (κ3) is 4.53. The van der Waals surface area contributed by atoms with E-state index in [9.17, 15) is 4.79 Å². The van der Waals surface area contributed by atoms with Crippen LogP contribution in [-0.2, 0) is 14.3 Å². The first-order chi connectivity index (χ1) is 9.09. The van der Waals surface area contributed by atoms with Crippen LogP contribution in [0.25, 0.3) is 0 Å². The third-order valence-corrected chi connectivity index (χ3v) is 3.51. The van der Waals surface area contributed by atoms with Gasteiger partial charge in [-0.05, 0) is 13.8 Å². The van der Waals surface area contributed by atoms with Gasteiger partial charge in [0, 0.05) is 5.41 Å². The van der Waals surface area contributed by atoms with E-state index in [-0.39, 0.29) is 12.0 Å². The van der Waals surface area contributed by atoms with Gasteiger partial charge in [0.1, 0.15) is 0 Å². The van der Waals surface area contributed by atoms with E-state index in [4.69, 9.17) is 39.1 Å². The number of alkyl halides is 2. The van der Waals surface area contributed by atoms with Gasteiger partial charge in [-0.25, -0.2) is 0 Å². The maximum absolute atomic E-state index is 12.1. The zero-order valence-electron chi connectivity index (χ0n) is 12.3. The molecule has 4 nitrogen and oxygen atoms in total. The van der Waals surface area contributed by atoms with Gasteiger partial charge in [-0.3, -0.25) is 4.79 Å². The zero-order chi connectivity index (χ0) is 15.6. The van der Waals surface area contributed by atoms with Crippen LogP contribution in [-0.4, -0.2) is 47.2 Å². The Morgan fingerprint density at radius 3 is 2.35 bits per heavy atom. The van der Waals surface area contributed by atoms with Crippen molar-refractivity contribution in [2.75, 3.05) is 19.8 Å². The molecule has 0 aliphatic carbocycles. The molecule has 1 heterocycles. The number of amides is 1. The van der Waals surface area contributed by atoms with Gasteiger partial charge in [0.2, 0.25) is 0 Å². The Kier molecular flexibility index (Phi) is 5.74. The first-order valence-corrected chi connectivity index (χ1v) is 7.27.